The lowest BCUT2D eigenvalue weighted by Crippen LogP contribution is -2.27. The molecule has 1 aliphatic rings. The predicted octanol–water partition coefficient (Wildman–Crippen LogP) is 6.82. The number of nitrogens with zero attached hydrogens (tertiary/aromatic N) is 4. The molecule has 9 heteroatoms. The highest BCUT2D eigenvalue weighted by molar-refractivity contribution is 6.32. The molecule has 0 unspecified atom stereocenters. The molecule has 0 radical (unpaired) electrons. The Morgan fingerprint density at radius 1 is 1.15 bits per heavy atom. The lowest BCUT2D eigenvalue weighted by Gasteiger charge is -2.21. The number of rotatable bonds is 9. The number of aromatic nitrogens is 3. The Labute approximate surface area is 233 Å². The van der Waals surface area contributed by atoms with Gasteiger partial charge in [0.15, 0.2) is 0 Å². The summed E-state index contributed by atoms with van der Waals surface area (Å²) in [5, 5.41) is 5.81. The van der Waals surface area contributed by atoms with Crippen molar-refractivity contribution >= 4 is 28.5 Å². The minimum absolute atomic E-state index is 0.183. The number of hydrogen-bond acceptors (Lipinski definition) is 7. The van der Waals surface area contributed by atoms with Crippen molar-refractivity contribution in [2.75, 3.05) is 13.6 Å². The van der Waals surface area contributed by atoms with Gasteiger partial charge in [0.1, 0.15) is 11.4 Å². The number of carbonyl (C=O) groups is 1. The Bertz CT molecular complexity index is 1450. The van der Waals surface area contributed by atoms with Crippen LogP contribution in [0.4, 0.5) is 0 Å². The molecule has 0 saturated heterocycles. The standard InChI is InChI=1S/C30H35ClN4O4/c1-30(2,3)38-27(36)14-15-34(4)19-20-9-11-25-21(17-20)13-16-35(25)29-32-28(39-33-29)22-10-12-26(24(31)18-22)37-23-7-5-6-8-23/h9-13,16-18,23H,5-8,14-15,19H2,1-4H3. The van der Waals surface area contributed by atoms with Gasteiger partial charge >= 0.3 is 5.97 Å². The van der Waals surface area contributed by atoms with Gasteiger partial charge in [0.2, 0.25) is 0 Å². The second-order valence-electron chi connectivity index (χ2n) is 11.2. The molecule has 5 rings (SSSR count). The third-order valence-electron chi connectivity index (χ3n) is 6.73. The summed E-state index contributed by atoms with van der Waals surface area (Å²) in [5.74, 6) is 1.35. The van der Waals surface area contributed by atoms with E-state index < -0.39 is 5.60 Å². The summed E-state index contributed by atoms with van der Waals surface area (Å²) in [6.45, 7) is 6.98. The normalized spacial score (nSPS) is 14.4. The van der Waals surface area contributed by atoms with Gasteiger partial charge in [0.25, 0.3) is 11.8 Å². The largest absolute Gasteiger partial charge is 0.489 e. The summed E-state index contributed by atoms with van der Waals surface area (Å²) < 4.78 is 18.9. The van der Waals surface area contributed by atoms with Gasteiger partial charge in [-0.05, 0) is 101 Å². The van der Waals surface area contributed by atoms with Gasteiger partial charge in [0, 0.05) is 30.2 Å². The van der Waals surface area contributed by atoms with E-state index >= 15 is 0 Å². The van der Waals surface area contributed by atoms with E-state index in [2.05, 4.69) is 33.2 Å². The summed E-state index contributed by atoms with van der Waals surface area (Å²) in [6.07, 6.45) is 7.07. The van der Waals surface area contributed by atoms with Crippen LogP contribution in [0, 0.1) is 0 Å². The fraction of sp³-hybridized carbons (Fsp3) is 0.433. The number of carbonyl (C=O) groups excluding carboxylic acids is 1. The van der Waals surface area contributed by atoms with Crippen LogP contribution in [0.3, 0.4) is 0 Å². The zero-order valence-electron chi connectivity index (χ0n) is 22.9. The number of fused-ring (bicyclic) bond motifs is 1. The monoisotopic (exact) mass is 550 g/mol. The summed E-state index contributed by atoms with van der Waals surface area (Å²) in [5.41, 5.74) is 2.40. The van der Waals surface area contributed by atoms with E-state index in [0.717, 1.165) is 41.4 Å². The molecule has 1 aliphatic carbocycles. The maximum absolute atomic E-state index is 12.0. The molecule has 0 spiro atoms. The average Bonchev–Trinajstić information content (AvgIpc) is 3.64. The molecule has 206 valence electrons. The van der Waals surface area contributed by atoms with E-state index in [1.54, 1.807) is 0 Å². The first-order chi connectivity index (χ1) is 18.6. The van der Waals surface area contributed by atoms with Crippen LogP contribution in [-0.4, -0.2) is 50.9 Å². The molecule has 1 saturated carbocycles. The first-order valence-electron chi connectivity index (χ1n) is 13.5. The topological polar surface area (TPSA) is 82.6 Å². The molecular formula is C30H35ClN4O4. The van der Waals surface area contributed by atoms with Crippen molar-refractivity contribution in [1.82, 2.24) is 19.6 Å². The Hall–Kier alpha value is -3.36. The number of hydrogen-bond donors (Lipinski definition) is 0. The molecule has 0 atom stereocenters. The Morgan fingerprint density at radius 2 is 1.95 bits per heavy atom. The van der Waals surface area contributed by atoms with Gasteiger partial charge < -0.3 is 18.9 Å². The van der Waals surface area contributed by atoms with Gasteiger partial charge in [0.05, 0.1) is 23.1 Å². The van der Waals surface area contributed by atoms with Crippen LogP contribution in [-0.2, 0) is 16.1 Å². The maximum atomic E-state index is 12.0. The smallest absolute Gasteiger partial charge is 0.307 e. The quantitative estimate of drug-likeness (QED) is 0.211. The van der Waals surface area contributed by atoms with Gasteiger partial charge in [-0.25, -0.2) is 0 Å². The van der Waals surface area contributed by atoms with Gasteiger partial charge in [-0.15, -0.1) is 0 Å². The van der Waals surface area contributed by atoms with E-state index in [-0.39, 0.29) is 12.1 Å². The number of ether oxygens (including phenoxy) is 2. The number of benzene rings is 2. The van der Waals surface area contributed by atoms with E-state index in [0.29, 0.717) is 35.6 Å². The Morgan fingerprint density at radius 3 is 2.69 bits per heavy atom. The van der Waals surface area contributed by atoms with Crippen LogP contribution < -0.4 is 4.74 Å². The van der Waals surface area contributed by atoms with E-state index in [4.69, 9.17) is 25.6 Å². The third kappa shape index (κ3) is 6.81. The molecule has 0 amide bonds. The second-order valence-corrected chi connectivity index (χ2v) is 11.6. The average molecular weight is 551 g/mol. The zero-order valence-corrected chi connectivity index (χ0v) is 23.7. The third-order valence-corrected chi connectivity index (χ3v) is 7.03. The van der Waals surface area contributed by atoms with Crippen molar-refractivity contribution < 1.29 is 18.8 Å². The molecule has 39 heavy (non-hydrogen) atoms. The van der Waals surface area contributed by atoms with Crippen LogP contribution >= 0.6 is 11.6 Å². The molecule has 8 nitrogen and oxygen atoms in total. The minimum Gasteiger partial charge on any atom is -0.489 e. The number of esters is 1. The zero-order chi connectivity index (χ0) is 27.6. The Kier molecular flexibility index (Phi) is 7.96. The predicted molar refractivity (Wildman–Crippen MR) is 151 cm³/mol. The molecule has 2 heterocycles. The molecule has 2 aromatic heterocycles. The maximum Gasteiger partial charge on any atom is 0.307 e. The summed E-state index contributed by atoms with van der Waals surface area (Å²) in [6, 6.07) is 13.9. The van der Waals surface area contributed by atoms with Crippen molar-refractivity contribution in [1.29, 1.82) is 0 Å². The molecule has 0 aliphatic heterocycles. The summed E-state index contributed by atoms with van der Waals surface area (Å²) in [4.78, 5) is 18.8. The number of halogens is 1. The summed E-state index contributed by atoms with van der Waals surface area (Å²) in [7, 11) is 2.00. The van der Waals surface area contributed by atoms with Crippen LogP contribution in [0.5, 0.6) is 5.75 Å². The van der Waals surface area contributed by atoms with Crippen LogP contribution in [0.2, 0.25) is 5.02 Å². The molecule has 0 bridgehead atoms. The fourth-order valence-corrected chi connectivity index (χ4v) is 5.10. The van der Waals surface area contributed by atoms with Crippen LogP contribution in [0.25, 0.3) is 28.3 Å². The highest BCUT2D eigenvalue weighted by Gasteiger charge is 2.20. The molecule has 1 fully saturated rings. The van der Waals surface area contributed by atoms with E-state index in [1.807, 2.05) is 62.8 Å². The fourth-order valence-electron chi connectivity index (χ4n) is 4.88. The first kappa shape index (κ1) is 27.2. The molecular weight excluding hydrogens is 516 g/mol. The van der Waals surface area contributed by atoms with Crippen molar-refractivity contribution in [2.45, 2.75) is 71.1 Å². The molecule has 2 aromatic carbocycles. The van der Waals surface area contributed by atoms with E-state index in [9.17, 15) is 4.79 Å². The molecule has 4 aromatic rings. The van der Waals surface area contributed by atoms with Crippen molar-refractivity contribution in [3.8, 4) is 23.2 Å². The highest BCUT2D eigenvalue weighted by atomic mass is 35.5. The highest BCUT2D eigenvalue weighted by Crippen LogP contribution is 2.33. The summed E-state index contributed by atoms with van der Waals surface area (Å²) >= 11 is 6.51. The van der Waals surface area contributed by atoms with Gasteiger partial charge in [-0.2, -0.15) is 4.98 Å². The van der Waals surface area contributed by atoms with Crippen molar-refractivity contribution in [3.05, 3.63) is 59.2 Å². The lowest BCUT2D eigenvalue weighted by molar-refractivity contribution is -0.155. The Balaban J connectivity index is 1.24. The first-order valence-corrected chi connectivity index (χ1v) is 13.8. The van der Waals surface area contributed by atoms with Crippen LogP contribution in [0.15, 0.2) is 53.2 Å². The lowest BCUT2D eigenvalue weighted by atomic mass is 10.1. The van der Waals surface area contributed by atoms with E-state index in [1.165, 1.54) is 12.8 Å². The van der Waals surface area contributed by atoms with Crippen LogP contribution in [0.1, 0.15) is 58.4 Å². The van der Waals surface area contributed by atoms with Gasteiger partial charge in [-0.1, -0.05) is 17.7 Å². The molecule has 0 N–H and O–H groups in total. The minimum atomic E-state index is -0.464. The van der Waals surface area contributed by atoms with Crippen molar-refractivity contribution in [3.63, 3.8) is 0 Å². The van der Waals surface area contributed by atoms with Gasteiger partial charge in [-0.3, -0.25) is 9.36 Å². The second kappa shape index (κ2) is 11.4. The van der Waals surface area contributed by atoms with Crippen molar-refractivity contribution in [2.24, 2.45) is 0 Å². The SMILES string of the molecule is CN(CCC(=O)OC(C)(C)C)Cc1ccc2c(ccn2-c2noc(-c3ccc(OC4CCCC4)c(Cl)c3)n2)c1.